The van der Waals surface area contributed by atoms with Crippen LogP contribution in [0.1, 0.15) is 19.3 Å². The van der Waals surface area contributed by atoms with Gasteiger partial charge >= 0.3 is 6.18 Å². The average Bonchev–Trinajstić information content (AvgIpc) is 2.63. The van der Waals surface area contributed by atoms with Gasteiger partial charge < -0.3 is 5.11 Å². The van der Waals surface area contributed by atoms with Crippen molar-refractivity contribution in [3.8, 4) is 0 Å². The zero-order valence-electron chi connectivity index (χ0n) is 9.79. The predicted octanol–water partition coefficient (Wildman–Crippen LogP) is 1.08. The number of hydrogen-bond acceptors (Lipinski definition) is 3. The molecule has 100 valence electrons. The van der Waals surface area contributed by atoms with Crippen LogP contribution in [0.25, 0.3) is 0 Å². The fourth-order valence-corrected chi connectivity index (χ4v) is 2.85. The lowest BCUT2D eigenvalue weighted by Crippen LogP contribution is -2.53. The largest absolute Gasteiger partial charge is 0.401 e. The zero-order valence-corrected chi connectivity index (χ0v) is 9.79. The minimum absolute atomic E-state index is 0.169. The van der Waals surface area contributed by atoms with Gasteiger partial charge in [-0.05, 0) is 19.3 Å². The van der Waals surface area contributed by atoms with Gasteiger partial charge in [-0.15, -0.1) is 0 Å². The summed E-state index contributed by atoms with van der Waals surface area (Å²) in [6, 6.07) is 0.169. The molecule has 2 atom stereocenters. The first-order valence-electron chi connectivity index (χ1n) is 6.17. The summed E-state index contributed by atoms with van der Waals surface area (Å²) in [4.78, 5) is 3.59. The average molecular weight is 252 g/mol. The fraction of sp³-hybridized carbons (Fsp3) is 1.00. The quantitative estimate of drug-likeness (QED) is 0.796. The Labute approximate surface area is 99.2 Å². The number of hydrogen-bond donors (Lipinski definition) is 1. The lowest BCUT2D eigenvalue weighted by Gasteiger charge is -2.39. The Kier molecular flexibility index (Phi) is 3.95. The molecule has 1 heterocycles. The molecule has 2 fully saturated rings. The van der Waals surface area contributed by atoms with E-state index in [2.05, 4.69) is 4.90 Å². The van der Waals surface area contributed by atoms with E-state index in [1.165, 1.54) is 4.90 Å². The van der Waals surface area contributed by atoms with E-state index in [0.29, 0.717) is 26.2 Å². The minimum Gasteiger partial charge on any atom is -0.391 e. The van der Waals surface area contributed by atoms with Crippen molar-refractivity contribution in [2.75, 3.05) is 32.7 Å². The summed E-state index contributed by atoms with van der Waals surface area (Å²) in [5.74, 6) is 0. The Bertz CT molecular complexity index is 252. The molecule has 1 aliphatic heterocycles. The summed E-state index contributed by atoms with van der Waals surface area (Å²) in [6.07, 6.45) is -1.57. The number of aliphatic hydroxyl groups excluding tert-OH is 1. The Morgan fingerprint density at radius 2 is 1.71 bits per heavy atom. The van der Waals surface area contributed by atoms with Crippen molar-refractivity contribution in [2.45, 2.75) is 37.6 Å². The molecule has 3 nitrogen and oxygen atoms in total. The lowest BCUT2D eigenvalue weighted by molar-refractivity contribution is -0.150. The maximum atomic E-state index is 12.2. The Morgan fingerprint density at radius 3 is 2.18 bits per heavy atom. The summed E-state index contributed by atoms with van der Waals surface area (Å²) >= 11 is 0. The molecular formula is C11H19F3N2O. The third-order valence-corrected chi connectivity index (χ3v) is 3.72. The predicted molar refractivity (Wildman–Crippen MR) is 57.7 cm³/mol. The van der Waals surface area contributed by atoms with Crippen LogP contribution in [0.4, 0.5) is 13.2 Å². The van der Waals surface area contributed by atoms with Gasteiger partial charge in [-0.3, -0.25) is 9.80 Å². The molecule has 1 saturated heterocycles. The molecule has 6 heteroatoms. The molecule has 1 N–H and O–H groups in total. The maximum Gasteiger partial charge on any atom is 0.401 e. The molecule has 2 rings (SSSR count). The Morgan fingerprint density at radius 1 is 1.06 bits per heavy atom. The van der Waals surface area contributed by atoms with Crippen LogP contribution >= 0.6 is 0 Å². The van der Waals surface area contributed by atoms with Gasteiger partial charge in [-0.2, -0.15) is 13.2 Å². The summed E-state index contributed by atoms with van der Waals surface area (Å²) in [5, 5.41) is 9.76. The normalized spacial score (nSPS) is 33.2. The van der Waals surface area contributed by atoms with Crippen molar-refractivity contribution in [1.82, 2.24) is 9.80 Å². The van der Waals surface area contributed by atoms with E-state index in [1.807, 2.05) is 0 Å². The van der Waals surface area contributed by atoms with E-state index in [0.717, 1.165) is 19.3 Å². The number of rotatable bonds is 2. The second-order valence-corrected chi connectivity index (χ2v) is 4.99. The van der Waals surface area contributed by atoms with Gasteiger partial charge in [0.1, 0.15) is 0 Å². The summed E-state index contributed by atoms with van der Waals surface area (Å²) in [7, 11) is 0. The zero-order chi connectivity index (χ0) is 12.5. The monoisotopic (exact) mass is 252 g/mol. The molecule has 0 amide bonds. The highest BCUT2D eigenvalue weighted by Gasteiger charge is 2.35. The van der Waals surface area contributed by atoms with Gasteiger partial charge in [0.05, 0.1) is 12.6 Å². The van der Waals surface area contributed by atoms with Gasteiger partial charge in [0.15, 0.2) is 0 Å². The molecule has 2 aliphatic rings. The topological polar surface area (TPSA) is 26.7 Å². The molecule has 0 radical (unpaired) electrons. The highest BCUT2D eigenvalue weighted by molar-refractivity contribution is 4.88. The standard InChI is InChI=1S/C11H19F3N2O/c12-11(13,14)8-15-4-6-16(7-5-15)9-2-1-3-10(9)17/h9-10,17H,1-8H2/t9-,10-/m0/s1. The molecule has 0 aromatic carbocycles. The van der Waals surface area contributed by atoms with Crippen molar-refractivity contribution in [3.05, 3.63) is 0 Å². The van der Waals surface area contributed by atoms with Crippen molar-refractivity contribution in [2.24, 2.45) is 0 Å². The van der Waals surface area contributed by atoms with E-state index < -0.39 is 12.7 Å². The van der Waals surface area contributed by atoms with Crippen molar-refractivity contribution >= 4 is 0 Å². The van der Waals surface area contributed by atoms with E-state index in [9.17, 15) is 18.3 Å². The first-order chi connectivity index (χ1) is 7.96. The third kappa shape index (κ3) is 3.56. The van der Waals surface area contributed by atoms with Crippen LogP contribution in [-0.2, 0) is 0 Å². The molecule has 1 saturated carbocycles. The van der Waals surface area contributed by atoms with E-state index in [4.69, 9.17) is 0 Å². The van der Waals surface area contributed by atoms with Gasteiger partial charge in [0.2, 0.25) is 0 Å². The number of halogens is 3. The Hall–Kier alpha value is -0.330. The minimum atomic E-state index is -4.10. The summed E-state index contributed by atoms with van der Waals surface area (Å²) in [5.41, 5.74) is 0. The summed E-state index contributed by atoms with van der Waals surface area (Å²) in [6.45, 7) is 1.36. The molecular weight excluding hydrogens is 233 g/mol. The molecule has 1 aliphatic carbocycles. The van der Waals surface area contributed by atoms with Crippen LogP contribution in [0.15, 0.2) is 0 Å². The Balaban J connectivity index is 1.78. The van der Waals surface area contributed by atoms with Crippen LogP contribution in [-0.4, -0.2) is 66.0 Å². The van der Waals surface area contributed by atoms with E-state index in [1.54, 1.807) is 0 Å². The van der Waals surface area contributed by atoms with E-state index >= 15 is 0 Å². The highest BCUT2D eigenvalue weighted by Crippen LogP contribution is 2.25. The smallest absolute Gasteiger partial charge is 0.391 e. The van der Waals surface area contributed by atoms with Crippen LogP contribution in [0.5, 0.6) is 0 Å². The number of piperazine rings is 1. The van der Waals surface area contributed by atoms with Crippen molar-refractivity contribution in [3.63, 3.8) is 0 Å². The van der Waals surface area contributed by atoms with Crippen LogP contribution in [0, 0.1) is 0 Å². The van der Waals surface area contributed by atoms with Gasteiger partial charge in [0.25, 0.3) is 0 Å². The first kappa shape index (κ1) is 13.1. The van der Waals surface area contributed by atoms with Gasteiger partial charge in [0, 0.05) is 32.2 Å². The molecule has 0 aromatic heterocycles. The van der Waals surface area contributed by atoms with Gasteiger partial charge in [-0.25, -0.2) is 0 Å². The second-order valence-electron chi connectivity index (χ2n) is 4.99. The fourth-order valence-electron chi connectivity index (χ4n) is 2.85. The molecule has 17 heavy (non-hydrogen) atoms. The SMILES string of the molecule is O[C@H]1CCC[C@@H]1N1CCN(CC(F)(F)F)CC1. The van der Waals surface area contributed by atoms with Gasteiger partial charge in [-0.1, -0.05) is 0 Å². The number of nitrogens with zero attached hydrogens (tertiary/aromatic N) is 2. The third-order valence-electron chi connectivity index (χ3n) is 3.72. The maximum absolute atomic E-state index is 12.2. The highest BCUT2D eigenvalue weighted by atomic mass is 19.4. The van der Waals surface area contributed by atoms with Crippen LogP contribution in [0.2, 0.25) is 0 Å². The number of aliphatic hydroxyl groups is 1. The molecule has 0 bridgehead atoms. The number of alkyl halides is 3. The second kappa shape index (κ2) is 5.12. The first-order valence-corrected chi connectivity index (χ1v) is 6.17. The summed E-state index contributed by atoms with van der Waals surface area (Å²) < 4.78 is 36.6. The van der Waals surface area contributed by atoms with Crippen LogP contribution < -0.4 is 0 Å². The van der Waals surface area contributed by atoms with Crippen molar-refractivity contribution < 1.29 is 18.3 Å². The lowest BCUT2D eigenvalue weighted by atomic mass is 10.1. The van der Waals surface area contributed by atoms with Crippen LogP contribution in [0.3, 0.4) is 0 Å². The van der Waals surface area contributed by atoms with E-state index in [-0.39, 0.29) is 12.1 Å². The molecule has 0 aromatic rings. The van der Waals surface area contributed by atoms with Crippen molar-refractivity contribution in [1.29, 1.82) is 0 Å². The molecule has 0 spiro atoms. The molecule has 0 unspecified atom stereocenters.